The van der Waals surface area contributed by atoms with E-state index in [9.17, 15) is 14.9 Å². The lowest BCUT2D eigenvalue weighted by Gasteiger charge is -2.06. The van der Waals surface area contributed by atoms with E-state index in [1.54, 1.807) is 47.2 Å². The van der Waals surface area contributed by atoms with Crippen molar-refractivity contribution in [1.29, 1.82) is 0 Å². The van der Waals surface area contributed by atoms with Gasteiger partial charge in [0.15, 0.2) is 0 Å². The van der Waals surface area contributed by atoms with E-state index in [2.05, 4.69) is 10.1 Å². The zero-order valence-electron chi connectivity index (χ0n) is 14.9. The average Bonchev–Trinajstić information content (AvgIpc) is 3.13. The number of nitrogens with two attached hydrogens (primary N) is 2. The molecule has 0 amide bonds. The van der Waals surface area contributed by atoms with Crippen LogP contribution in [0.2, 0.25) is 0 Å². The smallest absolute Gasteiger partial charge is 0.332 e. The van der Waals surface area contributed by atoms with Crippen molar-refractivity contribution in [2.45, 2.75) is 13.0 Å². The van der Waals surface area contributed by atoms with Gasteiger partial charge in [-0.2, -0.15) is 0 Å². The zero-order chi connectivity index (χ0) is 21.1. The van der Waals surface area contributed by atoms with Crippen molar-refractivity contribution in [1.82, 2.24) is 4.57 Å². The maximum Gasteiger partial charge on any atom is 0.332 e. The van der Waals surface area contributed by atoms with Crippen LogP contribution in [-0.2, 0) is 4.79 Å². The number of aliphatic hydroxyl groups is 1. The van der Waals surface area contributed by atoms with Crippen LogP contribution in [0.5, 0.6) is 0 Å². The number of carboxylic acid groups (broad SMARTS) is 1. The van der Waals surface area contributed by atoms with Crippen molar-refractivity contribution in [3.63, 3.8) is 0 Å². The van der Waals surface area contributed by atoms with Crippen molar-refractivity contribution >= 4 is 29.9 Å². The molecular weight excluding hydrogens is 368 g/mol. The molecule has 1 aromatic carbocycles. The quantitative estimate of drug-likeness (QED) is 0.194. The van der Waals surface area contributed by atoms with E-state index in [4.69, 9.17) is 21.8 Å². The summed E-state index contributed by atoms with van der Waals surface area (Å²) in [6.45, 7) is 1.20. The van der Waals surface area contributed by atoms with Crippen LogP contribution in [0.25, 0.3) is 11.8 Å². The van der Waals surface area contributed by atoms with Crippen LogP contribution < -0.4 is 11.6 Å². The maximum absolute atomic E-state index is 11.1. The Morgan fingerprint density at radius 1 is 1.32 bits per heavy atom. The SMILES string of the molecule is C[C@H](O)C(=O)O.NN=C(N)N=CC=Cc1cccn1-c1ccccc1[N+](=O)[O-]. The standard InChI is InChI=1S/C14H14N6O2.C3H6O3/c15-14(18-16)17-9-3-5-11-6-4-10-19(11)12-7-1-2-8-13(12)20(21)22;1-2(4)3(5)6/h1-10H,16H2,(H2,15,18);2,4H,1H3,(H,5,6)/t;2-/m.0/s1. The number of nitro groups is 1. The fraction of sp³-hybridized carbons (Fsp3) is 0.118. The van der Waals surface area contributed by atoms with Gasteiger partial charge in [-0.05, 0) is 37.3 Å². The summed E-state index contributed by atoms with van der Waals surface area (Å²) in [6, 6.07) is 10.1. The summed E-state index contributed by atoms with van der Waals surface area (Å²) in [5.41, 5.74) is 6.59. The first kappa shape index (κ1) is 22.1. The van der Waals surface area contributed by atoms with Gasteiger partial charge in [0.1, 0.15) is 11.8 Å². The molecule has 11 nitrogen and oxygen atoms in total. The Bertz CT molecular complexity index is 901. The number of allylic oxidation sites excluding steroid dienone is 1. The summed E-state index contributed by atoms with van der Waals surface area (Å²) < 4.78 is 1.71. The Morgan fingerprint density at radius 2 is 1.96 bits per heavy atom. The van der Waals surface area contributed by atoms with E-state index < -0.39 is 17.0 Å². The number of hydrogen-bond acceptors (Lipinski definition) is 6. The van der Waals surface area contributed by atoms with Crippen molar-refractivity contribution in [3.8, 4) is 5.69 Å². The van der Waals surface area contributed by atoms with Gasteiger partial charge < -0.3 is 26.4 Å². The molecule has 0 radical (unpaired) electrons. The number of benzene rings is 1. The first-order valence-corrected chi connectivity index (χ1v) is 7.84. The number of carboxylic acids is 1. The average molecular weight is 388 g/mol. The van der Waals surface area contributed by atoms with Gasteiger partial charge in [-0.3, -0.25) is 10.1 Å². The monoisotopic (exact) mass is 388 g/mol. The number of aliphatic hydroxyl groups excluding tert-OH is 1. The first-order valence-electron chi connectivity index (χ1n) is 7.84. The van der Waals surface area contributed by atoms with Crippen LogP contribution in [0, 0.1) is 10.1 Å². The van der Waals surface area contributed by atoms with Gasteiger partial charge >= 0.3 is 5.97 Å². The number of carbonyl (C=O) groups is 1. The second-order valence-electron chi connectivity index (χ2n) is 5.19. The van der Waals surface area contributed by atoms with Crippen molar-refractivity contribution in [2.75, 3.05) is 0 Å². The largest absolute Gasteiger partial charge is 0.479 e. The van der Waals surface area contributed by atoms with Gasteiger partial charge in [-0.25, -0.2) is 9.79 Å². The lowest BCUT2D eigenvalue weighted by atomic mass is 10.2. The highest BCUT2D eigenvalue weighted by Crippen LogP contribution is 2.24. The Labute approximate surface area is 160 Å². The third-order valence-electron chi connectivity index (χ3n) is 3.17. The molecule has 0 unspecified atom stereocenters. The Kier molecular flexibility index (Phi) is 8.57. The summed E-state index contributed by atoms with van der Waals surface area (Å²) in [6.07, 6.45) is 5.32. The molecule has 0 saturated heterocycles. The number of para-hydroxylation sites is 2. The number of nitrogens with zero attached hydrogens (tertiary/aromatic N) is 4. The normalized spacial score (nSPS) is 12.6. The van der Waals surface area contributed by atoms with Gasteiger partial charge in [-0.1, -0.05) is 12.1 Å². The lowest BCUT2D eigenvalue weighted by molar-refractivity contribution is -0.384. The second-order valence-corrected chi connectivity index (χ2v) is 5.19. The molecule has 0 saturated carbocycles. The van der Waals surface area contributed by atoms with Gasteiger partial charge in [0, 0.05) is 24.2 Å². The van der Waals surface area contributed by atoms with Crippen LogP contribution in [0.15, 0.2) is 58.8 Å². The predicted octanol–water partition coefficient (Wildman–Crippen LogP) is 1.11. The van der Waals surface area contributed by atoms with E-state index in [1.165, 1.54) is 19.2 Å². The number of guanidine groups is 1. The number of hydrogen-bond donors (Lipinski definition) is 4. The summed E-state index contributed by atoms with van der Waals surface area (Å²) in [4.78, 5) is 23.9. The highest BCUT2D eigenvalue weighted by atomic mass is 16.6. The maximum atomic E-state index is 11.1. The Balaban J connectivity index is 0.000000568. The van der Waals surface area contributed by atoms with Crippen molar-refractivity contribution in [3.05, 3.63) is 64.5 Å². The van der Waals surface area contributed by atoms with E-state index in [0.717, 1.165) is 5.69 Å². The van der Waals surface area contributed by atoms with Crippen LogP contribution in [0.3, 0.4) is 0 Å². The third-order valence-corrected chi connectivity index (χ3v) is 3.17. The molecule has 0 bridgehead atoms. The minimum absolute atomic E-state index is 0.0292. The van der Waals surface area contributed by atoms with Crippen LogP contribution in [0.1, 0.15) is 12.6 Å². The predicted molar refractivity (Wildman–Crippen MR) is 105 cm³/mol. The molecule has 0 aliphatic carbocycles. The molecule has 2 rings (SSSR count). The van der Waals surface area contributed by atoms with E-state index in [-0.39, 0.29) is 11.6 Å². The van der Waals surface area contributed by atoms with E-state index in [1.807, 2.05) is 6.07 Å². The first-order chi connectivity index (χ1) is 13.3. The number of hydrazone groups is 1. The van der Waals surface area contributed by atoms with Crippen LogP contribution in [-0.4, -0.2) is 44.0 Å². The molecule has 0 spiro atoms. The highest BCUT2D eigenvalue weighted by molar-refractivity contribution is 5.91. The summed E-state index contributed by atoms with van der Waals surface area (Å²) in [7, 11) is 0. The molecule has 0 fully saturated rings. The van der Waals surface area contributed by atoms with E-state index in [0.29, 0.717) is 5.69 Å². The fourth-order valence-electron chi connectivity index (χ4n) is 1.87. The topological polar surface area (TPSA) is 182 Å². The summed E-state index contributed by atoms with van der Waals surface area (Å²) >= 11 is 0. The molecule has 6 N–H and O–H groups in total. The molecule has 11 heteroatoms. The number of aromatic nitrogens is 1. The summed E-state index contributed by atoms with van der Waals surface area (Å²) in [5, 5.41) is 30.1. The molecule has 1 atom stereocenters. The van der Waals surface area contributed by atoms with Crippen LogP contribution in [0.4, 0.5) is 5.69 Å². The molecule has 1 heterocycles. The minimum Gasteiger partial charge on any atom is -0.479 e. The summed E-state index contributed by atoms with van der Waals surface area (Å²) in [5.74, 6) is 3.72. The van der Waals surface area contributed by atoms with Crippen LogP contribution >= 0.6 is 0 Å². The molecule has 148 valence electrons. The Hall–Kier alpha value is -3.99. The van der Waals surface area contributed by atoms with Gasteiger partial charge in [0.25, 0.3) is 5.69 Å². The lowest BCUT2D eigenvalue weighted by Crippen LogP contribution is -2.13. The number of aliphatic carboxylic acids is 1. The Morgan fingerprint density at radius 3 is 2.54 bits per heavy atom. The van der Waals surface area contributed by atoms with E-state index >= 15 is 0 Å². The van der Waals surface area contributed by atoms with Gasteiger partial charge in [0.2, 0.25) is 5.96 Å². The number of aliphatic imine (C=N–C) groups is 1. The second kappa shape index (κ2) is 10.9. The molecule has 1 aromatic heterocycles. The van der Waals surface area contributed by atoms with Gasteiger partial charge in [0.05, 0.1) is 4.92 Å². The van der Waals surface area contributed by atoms with Crippen molar-refractivity contribution in [2.24, 2.45) is 21.7 Å². The molecule has 0 aliphatic heterocycles. The highest BCUT2D eigenvalue weighted by Gasteiger charge is 2.14. The van der Waals surface area contributed by atoms with Crippen molar-refractivity contribution < 1.29 is 19.9 Å². The fourth-order valence-corrected chi connectivity index (χ4v) is 1.87. The minimum atomic E-state index is -1.23. The molecular formula is C17H20N6O5. The molecule has 28 heavy (non-hydrogen) atoms. The zero-order valence-corrected chi connectivity index (χ0v) is 14.9. The van der Waals surface area contributed by atoms with Gasteiger partial charge in [-0.15, -0.1) is 5.10 Å². The third kappa shape index (κ3) is 6.72. The number of nitro benzene ring substituents is 1. The molecule has 0 aliphatic rings. The number of rotatable bonds is 5. The molecule has 2 aromatic rings.